The number of aromatic nitrogens is 2. The van der Waals surface area contributed by atoms with E-state index in [0.717, 1.165) is 22.5 Å². The topological polar surface area (TPSA) is 105 Å². The number of rotatable bonds is 7. The van der Waals surface area contributed by atoms with Crippen LogP contribution < -0.4 is 5.32 Å². The molecule has 10 heteroatoms. The fraction of sp³-hybridized carbons (Fsp3) is 0.409. The number of carbonyl (C=O) groups is 1. The van der Waals surface area contributed by atoms with Gasteiger partial charge in [0.15, 0.2) is 0 Å². The zero-order valence-corrected chi connectivity index (χ0v) is 19.7. The average molecular weight is 475 g/mol. The number of hydrogen-bond acceptors (Lipinski definition) is 7. The number of thiophene rings is 1. The van der Waals surface area contributed by atoms with Gasteiger partial charge in [0.25, 0.3) is 10.0 Å². The van der Waals surface area contributed by atoms with Crippen molar-refractivity contribution in [2.75, 3.05) is 13.1 Å². The predicted octanol–water partition coefficient (Wildman–Crippen LogP) is 3.39. The standard InChI is InChI=1S/C22H26N4O4S2/c1-3-19-24-21(25-30-19)18-12-20(31-14-18)32(28,29)26-10-8-16(9-11-26)22(27)23-13-17-7-5-4-6-15(17)2/h4-7,12,14,16H,3,8-11,13H2,1-2H3,(H,23,27). The van der Waals surface area contributed by atoms with Crippen molar-refractivity contribution in [1.82, 2.24) is 19.8 Å². The van der Waals surface area contributed by atoms with Crippen LogP contribution in [0, 0.1) is 12.8 Å². The fourth-order valence-electron chi connectivity index (χ4n) is 3.71. The fourth-order valence-corrected chi connectivity index (χ4v) is 6.49. The zero-order valence-electron chi connectivity index (χ0n) is 18.1. The Morgan fingerprint density at radius 1 is 1.28 bits per heavy atom. The molecule has 3 heterocycles. The summed E-state index contributed by atoms with van der Waals surface area (Å²) in [7, 11) is -3.62. The first kappa shape index (κ1) is 22.6. The second kappa shape index (κ2) is 9.51. The Hall–Kier alpha value is -2.56. The molecule has 1 saturated heterocycles. The second-order valence-corrected chi connectivity index (χ2v) is 10.9. The molecule has 1 aromatic carbocycles. The summed E-state index contributed by atoms with van der Waals surface area (Å²) < 4.78 is 33.0. The Labute approximate surface area is 191 Å². The molecule has 0 atom stereocenters. The Morgan fingerprint density at radius 2 is 2.03 bits per heavy atom. The van der Waals surface area contributed by atoms with E-state index < -0.39 is 10.0 Å². The Bertz CT molecular complexity index is 1190. The average Bonchev–Trinajstić information content (AvgIpc) is 3.48. The molecule has 0 bridgehead atoms. The summed E-state index contributed by atoms with van der Waals surface area (Å²) in [6.07, 6.45) is 1.62. The Balaban J connectivity index is 1.35. The molecule has 32 heavy (non-hydrogen) atoms. The SMILES string of the molecule is CCc1nc(-c2csc(S(=O)(=O)N3CCC(C(=O)NCc4ccccc4C)CC3)c2)no1. The van der Waals surface area contributed by atoms with Gasteiger partial charge < -0.3 is 9.84 Å². The van der Waals surface area contributed by atoms with Crippen LogP contribution in [0.4, 0.5) is 0 Å². The van der Waals surface area contributed by atoms with Gasteiger partial charge in [-0.1, -0.05) is 36.3 Å². The van der Waals surface area contributed by atoms with Crippen molar-refractivity contribution >= 4 is 27.3 Å². The van der Waals surface area contributed by atoms with Gasteiger partial charge in [-0.3, -0.25) is 4.79 Å². The monoisotopic (exact) mass is 474 g/mol. The lowest BCUT2D eigenvalue weighted by Gasteiger charge is -2.30. The maximum absolute atomic E-state index is 13.1. The molecule has 2 aromatic heterocycles. The van der Waals surface area contributed by atoms with Crippen LogP contribution in [0.3, 0.4) is 0 Å². The number of carbonyl (C=O) groups excluding carboxylic acids is 1. The van der Waals surface area contributed by atoms with Crippen LogP contribution in [0.2, 0.25) is 0 Å². The molecule has 1 amide bonds. The highest BCUT2D eigenvalue weighted by atomic mass is 32.2. The highest BCUT2D eigenvalue weighted by Gasteiger charge is 2.33. The highest BCUT2D eigenvalue weighted by molar-refractivity contribution is 7.91. The van der Waals surface area contributed by atoms with Gasteiger partial charge in [0.05, 0.1) is 0 Å². The molecule has 1 aliphatic rings. The molecule has 1 fully saturated rings. The second-order valence-electron chi connectivity index (χ2n) is 7.84. The zero-order chi connectivity index (χ0) is 22.7. The quantitative estimate of drug-likeness (QED) is 0.563. The van der Waals surface area contributed by atoms with Crippen molar-refractivity contribution in [3.63, 3.8) is 0 Å². The normalized spacial score (nSPS) is 15.7. The van der Waals surface area contributed by atoms with Crippen molar-refractivity contribution in [3.05, 3.63) is 52.7 Å². The number of sulfonamides is 1. The van der Waals surface area contributed by atoms with Gasteiger partial charge in [0.1, 0.15) is 4.21 Å². The van der Waals surface area contributed by atoms with Gasteiger partial charge in [-0.15, -0.1) is 11.3 Å². The van der Waals surface area contributed by atoms with Gasteiger partial charge >= 0.3 is 0 Å². The summed E-state index contributed by atoms with van der Waals surface area (Å²) in [5.74, 6) is 0.700. The lowest BCUT2D eigenvalue weighted by molar-refractivity contribution is -0.126. The van der Waals surface area contributed by atoms with E-state index in [4.69, 9.17) is 4.52 Å². The van der Waals surface area contributed by atoms with E-state index >= 15 is 0 Å². The first-order valence-corrected chi connectivity index (χ1v) is 12.9. The summed E-state index contributed by atoms with van der Waals surface area (Å²) in [4.78, 5) is 16.9. The molecule has 4 rings (SSSR count). The summed E-state index contributed by atoms with van der Waals surface area (Å²) in [6, 6.07) is 9.53. The molecule has 3 aromatic rings. The summed E-state index contributed by atoms with van der Waals surface area (Å²) in [6.45, 7) is 5.05. The maximum atomic E-state index is 13.1. The molecule has 8 nitrogen and oxygen atoms in total. The van der Waals surface area contributed by atoms with E-state index in [1.807, 2.05) is 38.1 Å². The number of aryl methyl sites for hydroxylation is 2. The van der Waals surface area contributed by atoms with Crippen LogP contribution in [0.15, 0.2) is 44.4 Å². The van der Waals surface area contributed by atoms with E-state index in [9.17, 15) is 13.2 Å². The molecule has 0 spiro atoms. The molecule has 170 valence electrons. The van der Waals surface area contributed by atoms with Gasteiger partial charge in [-0.2, -0.15) is 9.29 Å². The molecule has 1 N–H and O–H groups in total. The smallest absolute Gasteiger partial charge is 0.252 e. The number of hydrogen-bond donors (Lipinski definition) is 1. The van der Waals surface area contributed by atoms with Crippen LogP contribution >= 0.6 is 11.3 Å². The first-order valence-electron chi connectivity index (χ1n) is 10.6. The minimum absolute atomic E-state index is 0.0208. The third-order valence-corrected chi connectivity index (χ3v) is 9.05. The van der Waals surface area contributed by atoms with Crippen LogP contribution in [0.5, 0.6) is 0 Å². The molecular weight excluding hydrogens is 448 g/mol. The van der Waals surface area contributed by atoms with Gasteiger partial charge in [-0.25, -0.2) is 8.42 Å². The lowest BCUT2D eigenvalue weighted by Crippen LogP contribution is -2.42. The number of piperidine rings is 1. The number of benzene rings is 1. The highest BCUT2D eigenvalue weighted by Crippen LogP contribution is 2.31. The molecule has 1 aliphatic heterocycles. The van der Waals surface area contributed by atoms with Crippen molar-refractivity contribution in [2.24, 2.45) is 5.92 Å². The van der Waals surface area contributed by atoms with E-state index in [2.05, 4.69) is 15.5 Å². The minimum atomic E-state index is -3.62. The molecule has 0 radical (unpaired) electrons. The van der Waals surface area contributed by atoms with Gasteiger partial charge in [0.2, 0.25) is 17.6 Å². The van der Waals surface area contributed by atoms with Crippen LogP contribution in [-0.2, 0) is 27.8 Å². The molecule has 0 aliphatic carbocycles. The Kier molecular flexibility index (Phi) is 6.73. The van der Waals surface area contributed by atoms with Crippen LogP contribution in [0.25, 0.3) is 11.4 Å². The van der Waals surface area contributed by atoms with Gasteiger partial charge in [-0.05, 0) is 37.0 Å². The third-order valence-electron chi connectivity index (χ3n) is 5.74. The Morgan fingerprint density at radius 3 is 2.72 bits per heavy atom. The number of amides is 1. The van der Waals surface area contributed by atoms with E-state index in [-0.39, 0.29) is 16.0 Å². The van der Waals surface area contributed by atoms with Crippen molar-refractivity contribution in [2.45, 2.75) is 43.9 Å². The summed E-state index contributed by atoms with van der Waals surface area (Å²) >= 11 is 1.15. The number of nitrogens with zero attached hydrogens (tertiary/aromatic N) is 3. The van der Waals surface area contributed by atoms with E-state index in [0.29, 0.717) is 56.2 Å². The summed E-state index contributed by atoms with van der Waals surface area (Å²) in [5, 5.41) is 8.63. The van der Waals surface area contributed by atoms with Crippen LogP contribution in [-0.4, -0.2) is 41.9 Å². The molecular formula is C22H26N4O4S2. The predicted molar refractivity (Wildman–Crippen MR) is 121 cm³/mol. The van der Waals surface area contributed by atoms with E-state index in [1.165, 1.54) is 4.31 Å². The van der Waals surface area contributed by atoms with Crippen molar-refractivity contribution < 1.29 is 17.7 Å². The third kappa shape index (κ3) is 4.77. The lowest BCUT2D eigenvalue weighted by atomic mass is 9.97. The maximum Gasteiger partial charge on any atom is 0.252 e. The van der Waals surface area contributed by atoms with Crippen LogP contribution in [0.1, 0.15) is 36.8 Å². The largest absolute Gasteiger partial charge is 0.352 e. The molecule has 0 unspecified atom stereocenters. The summed E-state index contributed by atoms with van der Waals surface area (Å²) in [5.41, 5.74) is 2.85. The molecule has 0 saturated carbocycles. The minimum Gasteiger partial charge on any atom is -0.352 e. The first-order chi connectivity index (χ1) is 15.4. The number of nitrogens with one attached hydrogen (secondary N) is 1. The van der Waals surface area contributed by atoms with Crippen molar-refractivity contribution in [3.8, 4) is 11.4 Å². The van der Waals surface area contributed by atoms with Crippen molar-refractivity contribution in [1.29, 1.82) is 0 Å². The van der Waals surface area contributed by atoms with E-state index in [1.54, 1.807) is 11.4 Å². The van der Waals surface area contributed by atoms with Gasteiger partial charge in [0, 0.05) is 42.9 Å².